The van der Waals surface area contributed by atoms with Crippen molar-refractivity contribution in [2.45, 2.75) is 46.6 Å². The summed E-state index contributed by atoms with van der Waals surface area (Å²) in [4.78, 5) is 2.03. The van der Waals surface area contributed by atoms with Gasteiger partial charge in [0.1, 0.15) is 12.1 Å². The highest BCUT2D eigenvalue weighted by Crippen LogP contribution is 2.31. The van der Waals surface area contributed by atoms with E-state index in [0.717, 1.165) is 35.2 Å². The van der Waals surface area contributed by atoms with Crippen LogP contribution in [0.25, 0.3) is 5.70 Å². The van der Waals surface area contributed by atoms with Gasteiger partial charge in [0.05, 0.1) is 12.3 Å². The van der Waals surface area contributed by atoms with E-state index in [1.165, 1.54) is 12.5 Å². The molecule has 0 radical (unpaired) electrons. The Kier molecular flexibility index (Phi) is 9.23. The molecule has 0 amide bonds. The third kappa shape index (κ3) is 7.01. The molecule has 0 aliphatic carbocycles. The minimum Gasteiger partial charge on any atom is -0.354 e. The highest BCUT2D eigenvalue weighted by Gasteiger charge is 2.23. The van der Waals surface area contributed by atoms with Crippen molar-refractivity contribution in [2.24, 2.45) is 0 Å². The van der Waals surface area contributed by atoms with Crippen molar-refractivity contribution in [3.63, 3.8) is 0 Å². The van der Waals surface area contributed by atoms with Gasteiger partial charge >= 0.3 is 0 Å². The quantitative estimate of drug-likeness (QED) is 0.341. The van der Waals surface area contributed by atoms with Gasteiger partial charge in [0.15, 0.2) is 0 Å². The van der Waals surface area contributed by atoms with Crippen LogP contribution in [0.3, 0.4) is 0 Å². The van der Waals surface area contributed by atoms with E-state index < -0.39 is 0 Å². The molecule has 0 bridgehead atoms. The van der Waals surface area contributed by atoms with E-state index in [2.05, 4.69) is 29.6 Å². The fraction of sp³-hybridized carbons (Fsp3) is 0.310. The topological polar surface area (TPSA) is 24.5 Å². The van der Waals surface area contributed by atoms with Gasteiger partial charge in [-0.25, -0.2) is 4.39 Å². The minimum atomic E-state index is -0.325. The molecule has 4 heteroatoms. The van der Waals surface area contributed by atoms with Gasteiger partial charge in [-0.05, 0) is 63.0 Å². The Labute approximate surface area is 197 Å². The molecular weight excluding hydrogens is 411 g/mol. The van der Waals surface area contributed by atoms with Gasteiger partial charge in [-0.2, -0.15) is 0 Å². The molecule has 174 valence electrons. The summed E-state index contributed by atoms with van der Waals surface area (Å²) in [5.74, 6) is -0.217. The van der Waals surface area contributed by atoms with E-state index in [9.17, 15) is 0 Å². The first-order valence-electron chi connectivity index (χ1n) is 11.6. The Morgan fingerprint density at radius 2 is 1.55 bits per heavy atom. The molecule has 0 aromatic heterocycles. The molecule has 1 unspecified atom stereocenters. The lowest BCUT2D eigenvalue weighted by molar-refractivity contribution is -0.0328. The molecule has 0 aliphatic heterocycles. The van der Waals surface area contributed by atoms with Crippen LogP contribution in [0.1, 0.15) is 41.7 Å². The van der Waals surface area contributed by atoms with Crippen molar-refractivity contribution < 1.29 is 9.13 Å². The van der Waals surface area contributed by atoms with Crippen LogP contribution in [0.4, 0.5) is 4.39 Å². The number of halogens is 1. The predicted octanol–water partition coefficient (Wildman–Crippen LogP) is 6.48. The number of hydrogen-bond acceptors (Lipinski definition) is 3. The number of likely N-dealkylation sites (N-methyl/N-ethyl adjacent to an activating group) is 1. The Morgan fingerprint density at radius 1 is 0.909 bits per heavy atom. The normalized spacial score (nSPS) is 12.9. The van der Waals surface area contributed by atoms with E-state index in [4.69, 9.17) is 4.74 Å². The average molecular weight is 447 g/mol. The molecule has 0 spiro atoms. The molecule has 3 aromatic carbocycles. The van der Waals surface area contributed by atoms with E-state index in [-0.39, 0.29) is 12.1 Å². The first kappa shape index (κ1) is 24.7. The summed E-state index contributed by atoms with van der Waals surface area (Å²) in [6.45, 7) is 7.49. The molecule has 1 atom stereocenters. The molecule has 0 aliphatic rings. The standard InChI is InChI=1S/C29H35FN2O/c1-22-10-8-9-13-28(22)29(23(2)30)32(24(3)33-21-27-11-6-5-7-12-27)20-26-16-14-25(15-17-26)18-19-31-4/h5-17,24,31H,18-21H2,1-4H3/b29-23+. The first-order valence-corrected chi connectivity index (χ1v) is 11.6. The SMILES string of the molecule is CNCCc1ccc(CN(/C(=C(\C)F)c2ccccc2C)C(C)OCc2ccccc2)cc1. The zero-order valence-corrected chi connectivity index (χ0v) is 20.1. The van der Waals surface area contributed by atoms with Gasteiger partial charge in [0, 0.05) is 12.1 Å². The summed E-state index contributed by atoms with van der Waals surface area (Å²) in [7, 11) is 1.96. The van der Waals surface area contributed by atoms with Gasteiger partial charge in [0.2, 0.25) is 0 Å². The third-order valence-corrected chi connectivity index (χ3v) is 5.83. The van der Waals surface area contributed by atoms with Crippen molar-refractivity contribution in [3.05, 3.63) is 113 Å². The third-order valence-electron chi connectivity index (χ3n) is 5.83. The van der Waals surface area contributed by atoms with Crippen LogP contribution in [-0.4, -0.2) is 24.7 Å². The van der Waals surface area contributed by atoms with Gasteiger partial charge in [-0.1, -0.05) is 78.9 Å². The summed E-state index contributed by atoms with van der Waals surface area (Å²) in [5.41, 5.74) is 5.99. The Bertz CT molecular complexity index is 1030. The van der Waals surface area contributed by atoms with Crippen LogP contribution >= 0.6 is 0 Å². The Hall–Kier alpha value is -2.95. The lowest BCUT2D eigenvalue weighted by atomic mass is 10.0. The van der Waals surface area contributed by atoms with Crippen LogP contribution in [0.15, 0.2) is 84.7 Å². The number of hydrogen-bond donors (Lipinski definition) is 1. The van der Waals surface area contributed by atoms with Crippen LogP contribution in [-0.2, 0) is 24.3 Å². The second-order valence-electron chi connectivity index (χ2n) is 8.39. The number of benzene rings is 3. The summed E-state index contributed by atoms with van der Waals surface area (Å²) >= 11 is 0. The van der Waals surface area contributed by atoms with Crippen molar-refractivity contribution >= 4 is 5.70 Å². The fourth-order valence-electron chi connectivity index (χ4n) is 3.92. The lowest BCUT2D eigenvalue weighted by Crippen LogP contribution is -2.34. The molecule has 3 rings (SSSR count). The minimum absolute atomic E-state index is 0.217. The second-order valence-corrected chi connectivity index (χ2v) is 8.39. The zero-order valence-electron chi connectivity index (χ0n) is 20.1. The van der Waals surface area contributed by atoms with E-state index >= 15 is 4.39 Å². The lowest BCUT2D eigenvalue weighted by Gasteiger charge is -2.34. The molecule has 0 heterocycles. The molecule has 3 nitrogen and oxygen atoms in total. The van der Waals surface area contributed by atoms with E-state index in [1.807, 2.05) is 80.4 Å². The largest absolute Gasteiger partial charge is 0.354 e. The fourth-order valence-corrected chi connectivity index (χ4v) is 3.92. The van der Waals surface area contributed by atoms with Crippen LogP contribution in [0.5, 0.6) is 0 Å². The first-order chi connectivity index (χ1) is 16.0. The second kappa shape index (κ2) is 12.3. The van der Waals surface area contributed by atoms with Gasteiger partial charge in [-0.3, -0.25) is 0 Å². The van der Waals surface area contributed by atoms with Crippen LogP contribution < -0.4 is 5.32 Å². The monoisotopic (exact) mass is 446 g/mol. The predicted molar refractivity (Wildman–Crippen MR) is 135 cm³/mol. The number of nitrogens with one attached hydrogen (secondary N) is 1. The molecule has 3 aromatic rings. The van der Waals surface area contributed by atoms with Crippen LogP contribution in [0, 0.1) is 6.92 Å². The molecule has 0 saturated heterocycles. The van der Waals surface area contributed by atoms with E-state index in [1.54, 1.807) is 0 Å². The number of allylic oxidation sites excluding steroid dienone is 1. The number of rotatable bonds is 11. The van der Waals surface area contributed by atoms with Crippen LogP contribution in [0.2, 0.25) is 0 Å². The summed E-state index contributed by atoms with van der Waals surface area (Å²) in [6.07, 6.45) is 0.657. The molecule has 1 N–H and O–H groups in total. The van der Waals surface area contributed by atoms with Crippen molar-refractivity contribution in [1.82, 2.24) is 10.2 Å². The van der Waals surface area contributed by atoms with Gasteiger partial charge < -0.3 is 15.0 Å². The molecule has 33 heavy (non-hydrogen) atoms. The van der Waals surface area contributed by atoms with Crippen molar-refractivity contribution in [1.29, 1.82) is 0 Å². The summed E-state index contributed by atoms with van der Waals surface area (Å²) in [5, 5.41) is 3.18. The van der Waals surface area contributed by atoms with Crippen molar-refractivity contribution in [2.75, 3.05) is 13.6 Å². The molecule has 0 fully saturated rings. The highest BCUT2D eigenvalue weighted by molar-refractivity contribution is 5.68. The maximum Gasteiger partial charge on any atom is 0.128 e. The molecular formula is C29H35FN2O. The molecule has 0 saturated carbocycles. The summed E-state index contributed by atoms with van der Waals surface area (Å²) < 4.78 is 21.3. The van der Waals surface area contributed by atoms with Gasteiger partial charge in [-0.15, -0.1) is 0 Å². The smallest absolute Gasteiger partial charge is 0.128 e. The van der Waals surface area contributed by atoms with Gasteiger partial charge in [0.25, 0.3) is 0 Å². The Balaban J connectivity index is 1.89. The van der Waals surface area contributed by atoms with Crippen molar-refractivity contribution in [3.8, 4) is 0 Å². The van der Waals surface area contributed by atoms with E-state index in [0.29, 0.717) is 18.8 Å². The maximum absolute atomic E-state index is 15.1. The number of aryl methyl sites for hydroxylation is 1. The number of ether oxygens (including phenoxy) is 1. The summed E-state index contributed by atoms with van der Waals surface area (Å²) in [6, 6.07) is 26.6. The highest BCUT2D eigenvalue weighted by atomic mass is 19.1. The average Bonchev–Trinajstić information content (AvgIpc) is 2.83. The number of nitrogens with zero attached hydrogens (tertiary/aromatic N) is 1. The maximum atomic E-state index is 15.1. The zero-order chi connectivity index (χ0) is 23.6. The Morgan fingerprint density at radius 3 is 2.18 bits per heavy atom.